The molecule has 20 heavy (non-hydrogen) atoms. The van der Waals surface area contributed by atoms with E-state index in [2.05, 4.69) is 41.2 Å². The minimum Gasteiger partial charge on any atom is -0.314 e. The highest BCUT2D eigenvalue weighted by Crippen LogP contribution is 2.39. The average Bonchev–Trinajstić information content (AvgIpc) is 2.36. The Bertz CT molecular complexity index is 418. The molecule has 1 aliphatic rings. The Balaban J connectivity index is 2.13. The van der Waals surface area contributed by atoms with Crippen LogP contribution < -0.4 is 5.32 Å². The van der Waals surface area contributed by atoms with Crippen LogP contribution in [0.3, 0.4) is 0 Å². The van der Waals surface area contributed by atoms with E-state index in [-0.39, 0.29) is 5.82 Å². The second-order valence-corrected chi connectivity index (χ2v) is 7.47. The third-order valence-corrected chi connectivity index (χ3v) is 4.76. The first-order valence-corrected chi connectivity index (χ1v) is 8.47. The van der Waals surface area contributed by atoms with Crippen LogP contribution in [0.1, 0.15) is 51.5 Å². The maximum atomic E-state index is 13.6. The first kappa shape index (κ1) is 16.0. The van der Waals surface area contributed by atoms with Gasteiger partial charge in [0, 0.05) is 17.1 Å². The predicted octanol–water partition coefficient (Wildman–Crippen LogP) is 5.08. The summed E-state index contributed by atoms with van der Waals surface area (Å²) in [6.07, 6.45) is 7.42. The summed E-state index contributed by atoms with van der Waals surface area (Å²) in [4.78, 5) is 0. The molecule has 0 amide bonds. The van der Waals surface area contributed by atoms with Gasteiger partial charge in [-0.25, -0.2) is 4.39 Å². The van der Waals surface area contributed by atoms with Crippen LogP contribution in [0.15, 0.2) is 22.7 Å². The molecule has 0 bridgehead atoms. The first-order chi connectivity index (χ1) is 9.49. The smallest absolute Gasteiger partial charge is 0.124 e. The fourth-order valence-electron chi connectivity index (χ4n) is 3.28. The minimum absolute atomic E-state index is 0.142. The summed E-state index contributed by atoms with van der Waals surface area (Å²) in [6.45, 7) is 5.42. The lowest BCUT2D eigenvalue weighted by atomic mass is 9.70. The highest BCUT2D eigenvalue weighted by atomic mass is 79.9. The van der Waals surface area contributed by atoms with Gasteiger partial charge in [-0.2, -0.15) is 0 Å². The quantitative estimate of drug-likeness (QED) is 0.787. The van der Waals surface area contributed by atoms with E-state index in [1.807, 2.05) is 0 Å². The molecule has 0 spiro atoms. The highest BCUT2D eigenvalue weighted by Gasteiger charge is 2.32. The molecular weight excluding hydrogens is 317 g/mol. The van der Waals surface area contributed by atoms with E-state index in [9.17, 15) is 4.39 Å². The van der Waals surface area contributed by atoms with Crippen molar-refractivity contribution in [3.8, 4) is 0 Å². The Labute approximate surface area is 130 Å². The van der Waals surface area contributed by atoms with Crippen molar-refractivity contribution in [2.45, 2.75) is 58.4 Å². The summed E-state index contributed by atoms with van der Waals surface area (Å²) in [5, 5.41) is 3.60. The maximum absolute atomic E-state index is 13.6. The van der Waals surface area contributed by atoms with Crippen molar-refractivity contribution < 1.29 is 4.39 Å². The van der Waals surface area contributed by atoms with Gasteiger partial charge >= 0.3 is 0 Å². The topological polar surface area (TPSA) is 12.0 Å². The molecule has 112 valence electrons. The van der Waals surface area contributed by atoms with Gasteiger partial charge in [-0.15, -0.1) is 0 Å². The Hall–Kier alpha value is -0.410. The zero-order chi connectivity index (χ0) is 14.6. The predicted molar refractivity (Wildman–Crippen MR) is 86.5 cm³/mol. The van der Waals surface area contributed by atoms with Gasteiger partial charge in [0.1, 0.15) is 5.82 Å². The third-order valence-electron chi connectivity index (χ3n) is 4.30. The summed E-state index contributed by atoms with van der Waals surface area (Å²) in [7, 11) is 0. The van der Waals surface area contributed by atoms with Crippen molar-refractivity contribution in [1.82, 2.24) is 5.32 Å². The molecular formula is C17H25BrFN. The molecule has 0 unspecified atom stereocenters. The van der Waals surface area contributed by atoms with E-state index >= 15 is 0 Å². The lowest BCUT2D eigenvalue weighted by molar-refractivity contribution is 0.176. The number of rotatable bonds is 5. The summed E-state index contributed by atoms with van der Waals surface area (Å²) in [6, 6.07) is 5.79. The van der Waals surface area contributed by atoms with Crippen molar-refractivity contribution in [2.75, 3.05) is 6.54 Å². The Morgan fingerprint density at radius 1 is 1.20 bits per heavy atom. The molecule has 0 radical (unpaired) electrons. The standard InChI is InChI=1S/C17H25BrFN/c1-13(2)20-12-17(6-4-3-5-7-17)11-14-8-15(18)10-16(19)9-14/h8-10,13,20H,3-7,11-12H2,1-2H3. The molecule has 2 rings (SSSR count). The summed E-state index contributed by atoms with van der Waals surface area (Å²) < 4.78 is 14.4. The molecule has 1 N–H and O–H groups in total. The number of benzene rings is 1. The van der Waals surface area contributed by atoms with Gasteiger partial charge in [-0.05, 0) is 48.4 Å². The Kier molecular flexibility index (Phi) is 5.62. The van der Waals surface area contributed by atoms with Crippen molar-refractivity contribution in [2.24, 2.45) is 5.41 Å². The highest BCUT2D eigenvalue weighted by molar-refractivity contribution is 9.10. The van der Waals surface area contributed by atoms with Crippen LogP contribution in [-0.2, 0) is 6.42 Å². The molecule has 0 atom stereocenters. The van der Waals surface area contributed by atoms with Gasteiger partial charge in [0.2, 0.25) is 0 Å². The number of nitrogens with one attached hydrogen (secondary N) is 1. The van der Waals surface area contributed by atoms with Gasteiger partial charge in [-0.1, -0.05) is 49.0 Å². The molecule has 0 heterocycles. The third kappa shape index (κ3) is 4.56. The molecule has 1 aliphatic carbocycles. The maximum Gasteiger partial charge on any atom is 0.124 e. The molecule has 0 aromatic heterocycles. The second kappa shape index (κ2) is 7.04. The summed E-state index contributed by atoms with van der Waals surface area (Å²) >= 11 is 3.40. The molecule has 1 nitrogen and oxygen atoms in total. The summed E-state index contributed by atoms with van der Waals surface area (Å²) in [5.74, 6) is -0.142. The minimum atomic E-state index is -0.142. The fraction of sp³-hybridized carbons (Fsp3) is 0.647. The molecule has 0 saturated heterocycles. The number of hydrogen-bond acceptors (Lipinski definition) is 1. The Morgan fingerprint density at radius 3 is 2.50 bits per heavy atom. The average molecular weight is 342 g/mol. The van der Waals surface area contributed by atoms with Crippen LogP contribution in [0.4, 0.5) is 4.39 Å². The second-order valence-electron chi connectivity index (χ2n) is 6.55. The lowest BCUT2D eigenvalue weighted by Crippen LogP contribution is -2.40. The monoisotopic (exact) mass is 341 g/mol. The van der Waals surface area contributed by atoms with E-state index in [0.717, 1.165) is 23.0 Å². The zero-order valence-corrected chi connectivity index (χ0v) is 14.1. The lowest BCUT2D eigenvalue weighted by Gasteiger charge is -2.38. The van der Waals surface area contributed by atoms with Crippen LogP contribution in [-0.4, -0.2) is 12.6 Å². The first-order valence-electron chi connectivity index (χ1n) is 7.67. The number of hydrogen-bond donors (Lipinski definition) is 1. The van der Waals surface area contributed by atoms with E-state index in [1.165, 1.54) is 38.2 Å². The van der Waals surface area contributed by atoms with Crippen LogP contribution in [0.2, 0.25) is 0 Å². The fourth-order valence-corrected chi connectivity index (χ4v) is 3.80. The molecule has 3 heteroatoms. The van der Waals surface area contributed by atoms with Gasteiger partial charge in [0.15, 0.2) is 0 Å². The van der Waals surface area contributed by atoms with E-state index in [0.29, 0.717) is 11.5 Å². The molecule has 1 saturated carbocycles. The summed E-state index contributed by atoms with van der Waals surface area (Å²) in [5.41, 5.74) is 1.42. The SMILES string of the molecule is CC(C)NCC1(Cc2cc(F)cc(Br)c2)CCCCC1. The molecule has 1 aromatic carbocycles. The molecule has 0 aliphatic heterocycles. The normalized spacial score (nSPS) is 18.4. The van der Waals surface area contributed by atoms with Crippen LogP contribution in [0, 0.1) is 11.2 Å². The van der Waals surface area contributed by atoms with Crippen molar-refractivity contribution in [1.29, 1.82) is 0 Å². The molecule has 1 aromatic rings. The Morgan fingerprint density at radius 2 is 1.90 bits per heavy atom. The van der Waals surface area contributed by atoms with E-state index < -0.39 is 0 Å². The zero-order valence-electron chi connectivity index (χ0n) is 12.5. The van der Waals surface area contributed by atoms with Crippen LogP contribution >= 0.6 is 15.9 Å². The van der Waals surface area contributed by atoms with E-state index in [1.54, 1.807) is 6.07 Å². The van der Waals surface area contributed by atoms with E-state index in [4.69, 9.17) is 0 Å². The van der Waals surface area contributed by atoms with Crippen molar-refractivity contribution >= 4 is 15.9 Å². The van der Waals surface area contributed by atoms with Crippen molar-refractivity contribution in [3.63, 3.8) is 0 Å². The van der Waals surface area contributed by atoms with Crippen LogP contribution in [0.5, 0.6) is 0 Å². The van der Waals surface area contributed by atoms with Gasteiger partial charge in [0.25, 0.3) is 0 Å². The van der Waals surface area contributed by atoms with Crippen molar-refractivity contribution in [3.05, 3.63) is 34.1 Å². The van der Waals surface area contributed by atoms with Gasteiger partial charge in [0.05, 0.1) is 0 Å². The number of halogens is 2. The largest absolute Gasteiger partial charge is 0.314 e. The van der Waals surface area contributed by atoms with Gasteiger partial charge < -0.3 is 5.32 Å². The molecule has 1 fully saturated rings. The van der Waals surface area contributed by atoms with Gasteiger partial charge in [-0.3, -0.25) is 0 Å². The van der Waals surface area contributed by atoms with Crippen LogP contribution in [0.25, 0.3) is 0 Å².